The zero-order chi connectivity index (χ0) is 10.9. The zero-order valence-corrected chi connectivity index (χ0v) is 8.34. The third-order valence-electron chi connectivity index (χ3n) is 1.45. The molecule has 0 aliphatic heterocycles. The summed E-state index contributed by atoms with van der Waals surface area (Å²) >= 11 is 0. The van der Waals surface area contributed by atoms with E-state index >= 15 is 0 Å². The van der Waals surface area contributed by atoms with Gasteiger partial charge < -0.3 is 14.2 Å². The summed E-state index contributed by atoms with van der Waals surface area (Å²) in [7, 11) is 1.59. The fourth-order valence-electron chi connectivity index (χ4n) is 0.780. The van der Waals surface area contributed by atoms with Gasteiger partial charge in [0, 0.05) is 19.4 Å². The molecule has 0 bridgehead atoms. The number of rotatable bonds is 6. The maximum atomic E-state index is 8.53. The first kappa shape index (κ1) is 11.4. The summed E-state index contributed by atoms with van der Waals surface area (Å²) in [6, 6.07) is 3.37. The molecule has 0 aliphatic rings. The Kier molecular flexibility index (Phi) is 5.08. The maximum Gasteiger partial charge on any atom is 0.235 e. The first-order chi connectivity index (χ1) is 7.36. The Hall–Kier alpha value is -1.71. The van der Waals surface area contributed by atoms with Crippen molar-refractivity contribution in [2.45, 2.75) is 0 Å². The summed E-state index contributed by atoms with van der Waals surface area (Å²) in [5.74, 6) is 0.392. The van der Waals surface area contributed by atoms with Gasteiger partial charge in [0.05, 0.1) is 13.2 Å². The predicted molar refractivity (Wildman–Crippen MR) is 50.1 cm³/mol. The molecule has 15 heavy (non-hydrogen) atoms. The SMILES string of the molecule is COCCOCOc1ccnc(C#N)n1. The topological polar surface area (TPSA) is 77.3 Å². The smallest absolute Gasteiger partial charge is 0.235 e. The van der Waals surface area contributed by atoms with E-state index < -0.39 is 0 Å². The Bertz CT molecular complexity index is 338. The van der Waals surface area contributed by atoms with Crippen LogP contribution in [0.25, 0.3) is 0 Å². The average molecular weight is 209 g/mol. The van der Waals surface area contributed by atoms with Crippen molar-refractivity contribution in [1.29, 1.82) is 5.26 Å². The number of nitrogens with zero attached hydrogens (tertiary/aromatic N) is 3. The summed E-state index contributed by atoms with van der Waals surface area (Å²) in [6.45, 7) is 1.04. The van der Waals surface area contributed by atoms with Gasteiger partial charge in [0.2, 0.25) is 11.7 Å². The molecule has 0 aromatic carbocycles. The van der Waals surface area contributed by atoms with Crippen LogP contribution in [0.15, 0.2) is 12.3 Å². The summed E-state index contributed by atoms with van der Waals surface area (Å²) < 4.78 is 15.0. The molecule has 1 heterocycles. The van der Waals surface area contributed by atoms with Crippen LogP contribution in [0.2, 0.25) is 0 Å². The van der Waals surface area contributed by atoms with Gasteiger partial charge in [0.1, 0.15) is 6.07 Å². The first-order valence-electron chi connectivity index (χ1n) is 4.29. The van der Waals surface area contributed by atoms with Crippen LogP contribution in [0.3, 0.4) is 0 Å². The molecule has 1 aromatic rings. The molecular weight excluding hydrogens is 198 g/mol. The zero-order valence-electron chi connectivity index (χ0n) is 8.34. The molecule has 0 spiro atoms. The Morgan fingerprint density at radius 2 is 2.33 bits per heavy atom. The van der Waals surface area contributed by atoms with Crippen molar-refractivity contribution in [3.63, 3.8) is 0 Å². The average Bonchev–Trinajstić information content (AvgIpc) is 2.29. The lowest BCUT2D eigenvalue weighted by molar-refractivity contribution is -0.0105. The summed E-state index contributed by atoms with van der Waals surface area (Å²) in [5, 5.41) is 8.53. The highest BCUT2D eigenvalue weighted by molar-refractivity contribution is 5.16. The maximum absolute atomic E-state index is 8.53. The molecule has 80 valence electrons. The number of methoxy groups -OCH3 is 1. The van der Waals surface area contributed by atoms with E-state index in [9.17, 15) is 0 Å². The van der Waals surface area contributed by atoms with Crippen LogP contribution in [-0.2, 0) is 9.47 Å². The van der Waals surface area contributed by atoms with Crippen molar-refractivity contribution in [1.82, 2.24) is 9.97 Å². The minimum absolute atomic E-state index is 0.0735. The Morgan fingerprint density at radius 3 is 3.07 bits per heavy atom. The van der Waals surface area contributed by atoms with Crippen molar-refractivity contribution in [3.05, 3.63) is 18.1 Å². The van der Waals surface area contributed by atoms with E-state index in [1.165, 1.54) is 6.20 Å². The standard InChI is InChI=1S/C9H11N3O3/c1-13-4-5-14-7-15-9-2-3-11-8(6-10)12-9/h2-3H,4-5,7H2,1H3. The van der Waals surface area contributed by atoms with E-state index in [0.29, 0.717) is 19.1 Å². The quantitative estimate of drug-likeness (QED) is 0.497. The largest absolute Gasteiger partial charge is 0.450 e. The van der Waals surface area contributed by atoms with Gasteiger partial charge in [-0.05, 0) is 0 Å². The van der Waals surface area contributed by atoms with Gasteiger partial charge in [-0.3, -0.25) is 0 Å². The molecule has 0 unspecified atom stereocenters. The van der Waals surface area contributed by atoms with Crippen molar-refractivity contribution < 1.29 is 14.2 Å². The molecule has 0 radical (unpaired) electrons. The Labute approximate surface area is 87.4 Å². The van der Waals surface area contributed by atoms with Crippen LogP contribution in [-0.4, -0.2) is 37.1 Å². The van der Waals surface area contributed by atoms with E-state index in [2.05, 4.69) is 9.97 Å². The fourth-order valence-corrected chi connectivity index (χ4v) is 0.780. The number of hydrogen-bond acceptors (Lipinski definition) is 6. The fraction of sp³-hybridized carbons (Fsp3) is 0.444. The van der Waals surface area contributed by atoms with Gasteiger partial charge >= 0.3 is 0 Å². The highest BCUT2D eigenvalue weighted by Gasteiger charge is 1.98. The molecule has 1 aromatic heterocycles. The van der Waals surface area contributed by atoms with Gasteiger partial charge in [-0.2, -0.15) is 10.2 Å². The lowest BCUT2D eigenvalue weighted by Gasteiger charge is -2.05. The van der Waals surface area contributed by atoms with E-state index in [1.807, 2.05) is 6.07 Å². The van der Waals surface area contributed by atoms with Crippen LogP contribution >= 0.6 is 0 Å². The minimum Gasteiger partial charge on any atom is -0.450 e. The Morgan fingerprint density at radius 1 is 1.47 bits per heavy atom. The monoisotopic (exact) mass is 209 g/mol. The number of ether oxygens (including phenoxy) is 3. The highest BCUT2D eigenvalue weighted by atomic mass is 16.7. The minimum atomic E-state index is 0.0735. The molecule has 0 saturated carbocycles. The van der Waals surface area contributed by atoms with Gasteiger partial charge in [-0.15, -0.1) is 0 Å². The number of hydrogen-bond donors (Lipinski definition) is 0. The third-order valence-corrected chi connectivity index (χ3v) is 1.45. The number of nitriles is 1. The van der Waals surface area contributed by atoms with Crippen molar-refractivity contribution in [2.75, 3.05) is 27.1 Å². The van der Waals surface area contributed by atoms with Gasteiger partial charge in [0.25, 0.3) is 0 Å². The van der Waals surface area contributed by atoms with E-state index in [1.54, 1.807) is 13.2 Å². The molecular formula is C9H11N3O3. The van der Waals surface area contributed by atoms with Crippen molar-refractivity contribution in [3.8, 4) is 11.9 Å². The summed E-state index contributed by atoms with van der Waals surface area (Å²) in [5.41, 5.74) is 0. The second-order valence-electron chi connectivity index (χ2n) is 2.49. The van der Waals surface area contributed by atoms with E-state index in [4.69, 9.17) is 19.5 Å². The third kappa shape index (κ3) is 4.35. The van der Waals surface area contributed by atoms with Crippen molar-refractivity contribution >= 4 is 0 Å². The molecule has 0 atom stereocenters. The lowest BCUT2D eigenvalue weighted by atomic mass is 10.6. The number of aromatic nitrogens is 2. The lowest BCUT2D eigenvalue weighted by Crippen LogP contribution is -2.08. The molecule has 0 saturated heterocycles. The Balaban J connectivity index is 2.28. The second kappa shape index (κ2) is 6.70. The molecule has 1 rings (SSSR count). The normalized spacial score (nSPS) is 9.60. The van der Waals surface area contributed by atoms with Crippen LogP contribution in [0.4, 0.5) is 0 Å². The van der Waals surface area contributed by atoms with E-state index in [0.717, 1.165) is 0 Å². The summed E-state index contributed by atoms with van der Waals surface area (Å²) in [4.78, 5) is 7.51. The molecule has 6 heteroatoms. The first-order valence-corrected chi connectivity index (χ1v) is 4.29. The van der Waals surface area contributed by atoms with Gasteiger partial charge in [0.15, 0.2) is 6.79 Å². The van der Waals surface area contributed by atoms with Crippen LogP contribution in [0, 0.1) is 11.3 Å². The van der Waals surface area contributed by atoms with Crippen LogP contribution < -0.4 is 4.74 Å². The predicted octanol–water partition coefficient (Wildman–Crippen LogP) is 0.348. The summed E-state index contributed by atoms with van der Waals surface area (Å²) in [6.07, 6.45) is 1.45. The molecule has 0 fully saturated rings. The van der Waals surface area contributed by atoms with Crippen molar-refractivity contribution in [2.24, 2.45) is 0 Å². The molecule has 0 aliphatic carbocycles. The van der Waals surface area contributed by atoms with Gasteiger partial charge in [-0.25, -0.2) is 4.98 Å². The highest BCUT2D eigenvalue weighted by Crippen LogP contribution is 2.03. The van der Waals surface area contributed by atoms with Crippen LogP contribution in [0.5, 0.6) is 5.88 Å². The molecule has 6 nitrogen and oxygen atoms in total. The van der Waals surface area contributed by atoms with Gasteiger partial charge in [-0.1, -0.05) is 0 Å². The van der Waals surface area contributed by atoms with Crippen LogP contribution in [0.1, 0.15) is 5.82 Å². The van der Waals surface area contributed by atoms with E-state index in [-0.39, 0.29) is 12.6 Å². The second-order valence-corrected chi connectivity index (χ2v) is 2.49. The molecule has 0 amide bonds. The molecule has 0 N–H and O–H groups in total.